The molecule has 2 rings (SSSR count). The minimum Gasteiger partial charge on any atom is -0.394 e. The second-order valence-electron chi connectivity index (χ2n) is 7.22. The lowest BCUT2D eigenvalue weighted by molar-refractivity contribution is -0.0553. The van der Waals surface area contributed by atoms with Gasteiger partial charge in [-0.2, -0.15) is 0 Å². The van der Waals surface area contributed by atoms with Gasteiger partial charge in [-0.15, -0.1) is 0 Å². The fourth-order valence-corrected chi connectivity index (χ4v) is 3.27. The van der Waals surface area contributed by atoms with Gasteiger partial charge in [-0.1, -0.05) is 45.4 Å². The van der Waals surface area contributed by atoms with E-state index < -0.39 is 42.4 Å². The largest absolute Gasteiger partial charge is 0.394 e. The monoisotopic (exact) mass is 400 g/mol. The van der Waals surface area contributed by atoms with Crippen LogP contribution in [0.25, 0.3) is 0 Å². The molecule has 0 aromatic carbocycles. The molecule has 1 aliphatic heterocycles. The summed E-state index contributed by atoms with van der Waals surface area (Å²) in [7, 11) is 0. The maximum absolute atomic E-state index is 12.1. The van der Waals surface area contributed by atoms with Crippen LogP contribution in [0.4, 0.5) is 0 Å². The number of hydrogen-bond donors (Lipinski definition) is 4. The topological polar surface area (TPSA) is 134 Å². The average molecular weight is 400 g/mol. The average Bonchev–Trinajstić information content (AvgIpc) is 2.96. The lowest BCUT2D eigenvalue weighted by atomic mass is 10.1. The zero-order chi connectivity index (χ0) is 20.5. The minimum atomic E-state index is -1.40. The van der Waals surface area contributed by atoms with Crippen molar-refractivity contribution in [1.29, 1.82) is 0 Å². The van der Waals surface area contributed by atoms with Crippen molar-refractivity contribution in [3.05, 3.63) is 32.6 Å². The Labute approximate surface area is 163 Å². The van der Waals surface area contributed by atoms with Crippen LogP contribution < -0.4 is 11.2 Å². The van der Waals surface area contributed by atoms with Gasteiger partial charge in [0.05, 0.1) is 18.8 Å². The highest BCUT2D eigenvalue weighted by Crippen LogP contribution is 2.28. The molecule has 0 spiro atoms. The minimum absolute atomic E-state index is 0.0280. The van der Waals surface area contributed by atoms with Crippen LogP contribution in [0.15, 0.2) is 15.8 Å². The van der Waals surface area contributed by atoms with E-state index in [2.05, 4.69) is 11.9 Å². The normalized spacial score (nSPS) is 24.7. The van der Waals surface area contributed by atoms with Crippen molar-refractivity contribution in [2.75, 3.05) is 13.2 Å². The van der Waals surface area contributed by atoms with Gasteiger partial charge < -0.3 is 24.8 Å². The van der Waals surface area contributed by atoms with Crippen LogP contribution in [0.3, 0.4) is 0 Å². The van der Waals surface area contributed by atoms with Gasteiger partial charge in [0.2, 0.25) is 0 Å². The van der Waals surface area contributed by atoms with Crippen molar-refractivity contribution in [3.8, 4) is 0 Å². The molecule has 0 radical (unpaired) electrons. The summed E-state index contributed by atoms with van der Waals surface area (Å²) in [6.07, 6.45) is 4.46. The Bertz CT molecular complexity index is 702. The second kappa shape index (κ2) is 11.5. The van der Waals surface area contributed by atoms with Crippen LogP contribution in [-0.4, -0.2) is 56.4 Å². The summed E-state index contributed by atoms with van der Waals surface area (Å²) in [5, 5.41) is 29.1. The molecular weight excluding hydrogens is 368 g/mol. The Morgan fingerprint density at radius 3 is 2.43 bits per heavy atom. The van der Waals surface area contributed by atoms with Crippen LogP contribution >= 0.6 is 0 Å². The highest BCUT2D eigenvalue weighted by atomic mass is 16.6. The summed E-state index contributed by atoms with van der Waals surface area (Å²) in [4.78, 5) is 26.2. The third-order valence-corrected chi connectivity index (χ3v) is 4.98. The molecule has 1 aromatic heterocycles. The molecule has 160 valence electrons. The number of nitrogens with zero attached hydrogens (tertiary/aromatic N) is 1. The van der Waals surface area contributed by atoms with E-state index in [1.165, 1.54) is 38.3 Å². The Kier molecular flexibility index (Phi) is 9.33. The molecule has 0 saturated carbocycles. The molecule has 1 aromatic rings. The number of unbranched alkanes of at least 4 members (excludes halogenated alkanes) is 6. The van der Waals surface area contributed by atoms with Crippen molar-refractivity contribution >= 4 is 0 Å². The number of aromatic nitrogens is 2. The molecule has 1 aliphatic rings. The summed E-state index contributed by atoms with van der Waals surface area (Å²) >= 11 is 0. The second-order valence-corrected chi connectivity index (χ2v) is 7.22. The highest BCUT2D eigenvalue weighted by Gasteiger charge is 2.43. The number of hydrogen-bond acceptors (Lipinski definition) is 7. The number of H-pyrrole nitrogens is 1. The van der Waals surface area contributed by atoms with Gasteiger partial charge in [0.25, 0.3) is 5.56 Å². The molecule has 4 N–H and O–H groups in total. The molecule has 1 fully saturated rings. The third kappa shape index (κ3) is 5.99. The van der Waals surface area contributed by atoms with Gasteiger partial charge in [0, 0.05) is 12.8 Å². The molecule has 0 aliphatic carbocycles. The van der Waals surface area contributed by atoms with Gasteiger partial charge in [0.1, 0.15) is 18.3 Å². The zero-order valence-corrected chi connectivity index (χ0v) is 16.4. The summed E-state index contributed by atoms with van der Waals surface area (Å²) in [6.45, 7) is 2.23. The maximum atomic E-state index is 12.1. The summed E-state index contributed by atoms with van der Waals surface area (Å²) in [5.74, 6) is 0. The predicted octanol–water partition coefficient (Wildman–Crippen LogP) is 0.415. The first kappa shape index (κ1) is 22.8. The van der Waals surface area contributed by atoms with Crippen LogP contribution in [0.2, 0.25) is 0 Å². The number of ether oxygens (including phenoxy) is 2. The molecule has 4 atom stereocenters. The summed E-state index contributed by atoms with van der Waals surface area (Å²) < 4.78 is 11.9. The Hall–Kier alpha value is -1.52. The van der Waals surface area contributed by atoms with E-state index in [1.54, 1.807) is 0 Å². The van der Waals surface area contributed by atoms with Crippen LogP contribution in [-0.2, 0) is 16.1 Å². The van der Waals surface area contributed by atoms with Crippen molar-refractivity contribution in [2.24, 2.45) is 0 Å². The molecule has 0 bridgehead atoms. The van der Waals surface area contributed by atoms with Crippen molar-refractivity contribution in [2.45, 2.75) is 83.0 Å². The van der Waals surface area contributed by atoms with E-state index in [-0.39, 0.29) is 12.2 Å². The third-order valence-electron chi connectivity index (χ3n) is 4.98. The van der Waals surface area contributed by atoms with Crippen LogP contribution in [0.5, 0.6) is 0 Å². The number of aliphatic hydroxyl groups excluding tert-OH is 3. The lowest BCUT2D eigenvalue weighted by Gasteiger charge is -2.18. The summed E-state index contributed by atoms with van der Waals surface area (Å²) in [5.41, 5.74) is -1.11. The molecule has 9 nitrogen and oxygen atoms in total. The van der Waals surface area contributed by atoms with Crippen LogP contribution in [0, 0.1) is 0 Å². The van der Waals surface area contributed by atoms with E-state index in [4.69, 9.17) is 9.47 Å². The molecule has 28 heavy (non-hydrogen) atoms. The standard InChI is InChI=1S/C19H32N2O7/c1-2-3-4-5-6-7-8-9-27-12-13-10-21(19(26)20-17(13)25)18-16(24)15(23)14(11-22)28-18/h10,14-16,18,22-24H,2-9,11-12H2,1H3,(H,20,25,26)/t14-,15-,16-,18-/m1/s1. The van der Waals surface area contributed by atoms with Gasteiger partial charge in [-0.3, -0.25) is 14.3 Å². The Balaban J connectivity index is 1.88. The van der Waals surface area contributed by atoms with Crippen LogP contribution in [0.1, 0.15) is 63.7 Å². The smallest absolute Gasteiger partial charge is 0.330 e. The molecule has 1 saturated heterocycles. The highest BCUT2D eigenvalue weighted by molar-refractivity contribution is 5.05. The van der Waals surface area contributed by atoms with Gasteiger partial charge in [-0.25, -0.2) is 4.79 Å². The van der Waals surface area contributed by atoms with E-state index in [0.29, 0.717) is 6.61 Å². The quantitative estimate of drug-likeness (QED) is 0.374. The maximum Gasteiger partial charge on any atom is 0.330 e. The number of aliphatic hydroxyl groups is 3. The first-order valence-electron chi connectivity index (χ1n) is 10.0. The lowest BCUT2D eigenvalue weighted by Crippen LogP contribution is -2.39. The van der Waals surface area contributed by atoms with Gasteiger partial charge >= 0.3 is 5.69 Å². The number of aromatic amines is 1. The van der Waals surface area contributed by atoms with E-state index in [9.17, 15) is 24.9 Å². The number of nitrogens with one attached hydrogen (secondary N) is 1. The van der Waals surface area contributed by atoms with Gasteiger partial charge in [-0.05, 0) is 6.42 Å². The Morgan fingerprint density at radius 2 is 1.79 bits per heavy atom. The predicted molar refractivity (Wildman–Crippen MR) is 102 cm³/mol. The van der Waals surface area contributed by atoms with E-state index in [0.717, 1.165) is 17.4 Å². The Morgan fingerprint density at radius 1 is 1.11 bits per heavy atom. The first-order valence-corrected chi connectivity index (χ1v) is 10.0. The fourth-order valence-electron chi connectivity index (χ4n) is 3.27. The molecule has 0 amide bonds. The fraction of sp³-hybridized carbons (Fsp3) is 0.789. The van der Waals surface area contributed by atoms with Crippen molar-refractivity contribution in [3.63, 3.8) is 0 Å². The van der Waals surface area contributed by atoms with Crippen molar-refractivity contribution in [1.82, 2.24) is 9.55 Å². The van der Waals surface area contributed by atoms with Gasteiger partial charge in [0.15, 0.2) is 6.23 Å². The number of rotatable bonds is 12. The molecule has 0 unspecified atom stereocenters. The molecular formula is C19H32N2O7. The first-order chi connectivity index (χ1) is 13.5. The van der Waals surface area contributed by atoms with E-state index >= 15 is 0 Å². The summed E-state index contributed by atoms with van der Waals surface area (Å²) in [6, 6.07) is 0. The molecule has 9 heteroatoms. The SMILES string of the molecule is CCCCCCCCCOCc1cn([C@@H]2O[C@H](CO)[C@@H](O)[C@H]2O)c(=O)[nH]c1=O. The molecule has 2 heterocycles. The van der Waals surface area contributed by atoms with Crippen molar-refractivity contribution < 1.29 is 24.8 Å². The zero-order valence-electron chi connectivity index (χ0n) is 16.4. The van der Waals surface area contributed by atoms with E-state index in [1.807, 2.05) is 0 Å².